The van der Waals surface area contributed by atoms with Crippen LogP contribution in [0.5, 0.6) is 0 Å². The molecule has 1 saturated heterocycles. The molecular weight excluding hydrogens is 391 g/mol. The highest BCUT2D eigenvalue weighted by atomic mass is 19.1. The zero-order valence-corrected chi connectivity index (χ0v) is 17.6. The van der Waals surface area contributed by atoms with Crippen molar-refractivity contribution < 1.29 is 19.2 Å². The van der Waals surface area contributed by atoms with Crippen molar-refractivity contribution in [2.24, 2.45) is 11.8 Å². The molecular formula is C20H31FN6O3. The minimum absolute atomic E-state index is 0.0965. The number of aromatic nitrogens is 2. The first-order chi connectivity index (χ1) is 14.4. The average molecular weight is 423 g/mol. The maximum absolute atomic E-state index is 15.0. The lowest BCUT2D eigenvalue weighted by atomic mass is 9.92. The van der Waals surface area contributed by atoms with E-state index in [0.29, 0.717) is 23.2 Å². The van der Waals surface area contributed by atoms with E-state index in [1.807, 2.05) is 11.8 Å². The lowest BCUT2D eigenvalue weighted by Crippen LogP contribution is -2.41. The first-order valence-corrected chi connectivity index (χ1v) is 10.7. The van der Waals surface area contributed by atoms with Gasteiger partial charge in [-0.2, -0.15) is 4.39 Å². The number of amides is 2. The third-order valence-corrected chi connectivity index (χ3v) is 6.07. The fourth-order valence-electron chi connectivity index (χ4n) is 4.47. The maximum Gasteiger partial charge on any atom is 0.243 e. The maximum atomic E-state index is 15.0. The van der Waals surface area contributed by atoms with Gasteiger partial charge >= 0.3 is 0 Å². The van der Waals surface area contributed by atoms with Crippen LogP contribution < -0.4 is 15.8 Å². The molecule has 10 heteroatoms. The number of halogens is 1. The van der Waals surface area contributed by atoms with Gasteiger partial charge in [-0.1, -0.05) is 25.7 Å². The number of aryl methyl sites for hydroxylation is 1. The third-order valence-electron chi connectivity index (χ3n) is 6.07. The predicted molar refractivity (Wildman–Crippen MR) is 109 cm³/mol. The fourth-order valence-corrected chi connectivity index (χ4v) is 4.47. The molecule has 1 aromatic rings. The van der Waals surface area contributed by atoms with Crippen molar-refractivity contribution in [1.29, 1.82) is 0 Å². The highest BCUT2D eigenvalue weighted by molar-refractivity contribution is 5.80. The summed E-state index contributed by atoms with van der Waals surface area (Å²) in [6.45, 7) is 4.31. The Labute approximate surface area is 176 Å². The number of carbonyl (C=O) groups excluding carboxylic acids is 2. The number of carbonyl (C=O) groups is 2. The van der Waals surface area contributed by atoms with E-state index in [1.165, 1.54) is 0 Å². The Morgan fingerprint density at radius 1 is 1.33 bits per heavy atom. The quantitative estimate of drug-likeness (QED) is 0.318. The molecule has 30 heavy (non-hydrogen) atoms. The monoisotopic (exact) mass is 422 g/mol. The molecule has 2 fully saturated rings. The number of hydrazine groups is 1. The van der Waals surface area contributed by atoms with E-state index in [2.05, 4.69) is 20.8 Å². The number of hydrogen-bond donors (Lipinski definition) is 3. The molecule has 1 aliphatic heterocycles. The van der Waals surface area contributed by atoms with Gasteiger partial charge < -0.3 is 4.90 Å². The van der Waals surface area contributed by atoms with Crippen LogP contribution in [0.25, 0.3) is 0 Å². The van der Waals surface area contributed by atoms with Gasteiger partial charge in [0, 0.05) is 12.6 Å². The molecule has 3 rings (SSSR count). The first kappa shape index (κ1) is 22.2. The molecule has 1 aromatic heterocycles. The Morgan fingerprint density at radius 2 is 2.07 bits per heavy atom. The predicted octanol–water partition coefficient (Wildman–Crippen LogP) is 2.40. The fraction of sp³-hybridized carbons (Fsp3) is 0.700. The van der Waals surface area contributed by atoms with E-state index in [9.17, 15) is 14.8 Å². The number of nitrogens with zero attached hydrogens (tertiary/aromatic N) is 4. The summed E-state index contributed by atoms with van der Waals surface area (Å²) in [5, 5.41) is 10.1. The van der Waals surface area contributed by atoms with Crippen LogP contribution in [0.15, 0.2) is 0 Å². The van der Waals surface area contributed by atoms with Crippen molar-refractivity contribution in [2.75, 3.05) is 23.4 Å². The van der Waals surface area contributed by atoms with E-state index in [-0.39, 0.29) is 30.6 Å². The van der Waals surface area contributed by atoms with Crippen molar-refractivity contribution in [2.45, 2.75) is 64.8 Å². The minimum atomic E-state index is -0.612. The van der Waals surface area contributed by atoms with E-state index >= 15 is 4.39 Å². The second-order valence-electron chi connectivity index (χ2n) is 8.37. The number of anilines is 2. The summed E-state index contributed by atoms with van der Waals surface area (Å²) >= 11 is 0. The minimum Gasteiger partial charge on any atom is -0.351 e. The number of hydrogen-bond acceptors (Lipinski definition) is 7. The van der Waals surface area contributed by atoms with Crippen LogP contribution in [0.1, 0.15) is 57.7 Å². The van der Waals surface area contributed by atoms with Crippen LogP contribution in [0.4, 0.5) is 16.0 Å². The highest BCUT2D eigenvalue weighted by Gasteiger charge is 2.29. The summed E-state index contributed by atoms with van der Waals surface area (Å²) in [5.41, 5.74) is 5.10. The zero-order chi connectivity index (χ0) is 21.7. The standard InChI is InChI=1S/C20H31FN6O3/c1-13-6-5-9-27(13)19-17(21)18(22-14(2)23-19)24-25-20(29)16(11-26(30)12-28)10-15-7-3-4-8-15/h12-13,15-16,30H,3-11H2,1-2H3,(H,25,29)(H,22,23,24)/t13-,16-/m1/s1. The van der Waals surface area contributed by atoms with Gasteiger partial charge in [-0.15, -0.1) is 0 Å². The largest absolute Gasteiger partial charge is 0.351 e. The van der Waals surface area contributed by atoms with Crippen LogP contribution in [-0.4, -0.2) is 51.7 Å². The molecule has 0 bridgehead atoms. The van der Waals surface area contributed by atoms with Gasteiger partial charge in [0.15, 0.2) is 11.6 Å². The molecule has 2 atom stereocenters. The molecule has 0 aromatic carbocycles. The summed E-state index contributed by atoms with van der Waals surface area (Å²) < 4.78 is 15.0. The molecule has 1 aliphatic carbocycles. The van der Waals surface area contributed by atoms with Crippen molar-refractivity contribution in [3.63, 3.8) is 0 Å². The SMILES string of the molecule is Cc1nc(NNC(=O)[C@H](CC2CCCC2)CN(O)C=O)c(F)c(N2CCC[C@H]2C)n1. The normalized spacial score (nSPS) is 20.3. The molecule has 2 amide bonds. The summed E-state index contributed by atoms with van der Waals surface area (Å²) in [6.07, 6.45) is 7.08. The van der Waals surface area contributed by atoms with Crippen LogP contribution in [-0.2, 0) is 9.59 Å². The van der Waals surface area contributed by atoms with Gasteiger partial charge in [0.05, 0.1) is 12.5 Å². The van der Waals surface area contributed by atoms with Crippen molar-refractivity contribution >= 4 is 24.0 Å². The Hall–Kier alpha value is -2.49. The van der Waals surface area contributed by atoms with Gasteiger partial charge in [-0.05, 0) is 39.0 Å². The van der Waals surface area contributed by atoms with Gasteiger partial charge in [0.1, 0.15) is 5.82 Å². The molecule has 3 N–H and O–H groups in total. The Balaban J connectivity index is 1.69. The van der Waals surface area contributed by atoms with Crippen molar-refractivity contribution in [3.05, 3.63) is 11.6 Å². The van der Waals surface area contributed by atoms with E-state index < -0.39 is 17.6 Å². The Bertz CT molecular complexity index is 758. The van der Waals surface area contributed by atoms with Gasteiger partial charge in [-0.3, -0.25) is 25.6 Å². The van der Waals surface area contributed by atoms with E-state index in [1.54, 1.807) is 6.92 Å². The second kappa shape index (κ2) is 10.0. The molecule has 2 aliphatic rings. The average Bonchev–Trinajstić information content (AvgIpc) is 3.39. The van der Waals surface area contributed by atoms with Crippen LogP contribution in [0.3, 0.4) is 0 Å². The van der Waals surface area contributed by atoms with Crippen LogP contribution in [0.2, 0.25) is 0 Å². The van der Waals surface area contributed by atoms with E-state index in [0.717, 1.165) is 45.1 Å². The second-order valence-corrected chi connectivity index (χ2v) is 8.37. The van der Waals surface area contributed by atoms with Crippen molar-refractivity contribution in [3.8, 4) is 0 Å². The smallest absolute Gasteiger partial charge is 0.243 e. The molecule has 2 heterocycles. The number of hydroxylamine groups is 2. The highest BCUT2D eigenvalue weighted by Crippen LogP contribution is 2.31. The molecule has 1 saturated carbocycles. The topological polar surface area (TPSA) is 111 Å². The van der Waals surface area contributed by atoms with Crippen LogP contribution >= 0.6 is 0 Å². The number of rotatable bonds is 9. The zero-order valence-electron chi connectivity index (χ0n) is 17.6. The molecule has 0 spiro atoms. The van der Waals surface area contributed by atoms with Gasteiger partial charge in [-0.25, -0.2) is 15.0 Å². The summed E-state index contributed by atoms with van der Waals surface area (Å²) in [7, 11) is 0. The summed E-state index contributed by atoms with van der Waals surface area (Å²) in [6, 6.07) is 0.186. The summed E-state index contributed by atoms with van der Waals surface area (Å²) in [4.78, 5) is 33.8. The van der Waals surface area contributed by atoms with Gasteiger partial charge in [0.2, 0.25) is 18.1 Å². The first-order valence-electron chi connectivity index (χ1n) is 10.7. The van der Waals surface area contributed by atoms with Crippen molar-refractivity contribution in [1.82, 2.24) is 20.5 Å². The Kier molecular flexibility index (Phi) is 7.41. The third kappa shape index (κ3) is 5.35. The molecule has 166 valence electrons. The lowest BCUT2D eigenvalue weighted by Gasteiger charge is -2.25. The molecule has 0 unspecified atom stereocenters. The Morgan fingerprint density at radius 3 is 2.70 bits per heavy atom. The molecule has 0 radical (unpaired) electrons. The van der Waals surface area contributed by atoms with E-state index in [4.69, 9.17) is 0 Å². The van der Waals surface area contributed by atoms with Crippen LogP contribution in [0, 0.1) is 24.6 Å². The number of nitrogens with one attached hydrogen (secondary N) is 2. The molecule has 9 nitrogen and oxygen atoms in total. The lowest BCUT2D eigenvalue weighted by molar-refractivity contribution is -0.154. The summed E-state index contributed by atoms with van der Waals surface area (Å²) in [5.74, 6) is -0.738. The van der Waals surface area contributed by atoms with Gasteiger partial charge in [0.25, 0.3) is 0 Å².